The zero-order valence-electron chi connectivity index (χ0n) is 9.75. The summed E-state index contributed by atoms with van der Waals surface area (Å²) in [5, 5.41) is 20.4. The summed E-state index contributed by atoms with van der Waals surface area (Å²) >= 11 is 4.84. The largest absolute Gasteiger partial charge is 0.511 e. The number of rotatable bonds is 2. The van der Waals surface area contributed by atoms with Crippen molar-refractivity contribution in [3.8, 4) is 6.07 Å². The molecule has 0 unspecified atom stereocenters. The number of halogens is 3. The average molecular weight is 286 g/mol. The van der Waals surface area contributed by atoms with Gasteiger partial charge in [0, 0.05) is 5.69 Å². The summed E-state index contributed by atoms with van der Waals surface area (Å²) < 4.78 is 37.5. The zero-order chi connectivity index (χ0) is 14.6. The van der Waals surface area contributed by atoms with Gasteiger partial charge in [0.1, 0.15) is 22.4 Å². The van der Waals surface area contributed by atoms with Crippen molar-refractivity contribution in [1.29, 1.82) is 5.26 Å². The molecule has 7 heteroatoms. The van der Waals surface area contributed by atoms with E-state index in [1.54, 1.807) is 6.07 Å². The lowest BCUT2D eigenvalue weighted by Gasteiger charge is -2.11. The topological polar surface area (TPSA) is 56.0 Å². The van der Waals surface area contributed by atoms with Gasteiger partial charge in [0.05, 0.1) is 5.56 Å². The fourth-order valence-electron chi connectivity index (χ4n) is 1.26. The Kier molecular flexibility index (Phi) is 4.51. The maximum absolute atomic E-state index is 12.5. The maximum Gasteiger partial charge on any atom is 0.416 e. The Bertz CT molecular complexity index is 569. The van der Waals surface area contributed by atoms with Crippen LogP contribution in [0, 0.1) is 11.3 Å². The second-order valence-electron chi connectivity index (χ2n) is 3.60. The molecule has 100 valence electrons. The quantitative estimate of drug-likeness (QED) is 0.376. The summed E-state index contributed by atoms with van der Waals surface area (Å²) in [5.74, 6) is -0.299. The Morgan fingerprint density at radius 1 is 1.42 bits per heavy atom. The van der Waals surface area contributed by atoms with Crippen molar-refractivity contribution in [2.45, 2.75) is 13.1 Å². The number of nitriles is 1. The molecular weight excluding hydrogens is 277 g/mol. The van der Waals surface area contributed by atoms with Gasteiger partial charge >= 0.3 is 6.18 Å². The number of anilines is 1. The third-order valence-corrected chi connectivity index (χ3v) is 2.45. The third-order valence-electron chi connectivity index (χ3n) is 2.15. The molecule has 19 heavy (non-hydrogen) atoms. The van der Waals surface area contributed by atoms with Gasteiger partial charge in [-0.2, -0.15) is 18.4 Å². The number of benzene rings is 1. The van der Waals surface area contributed by atoms with Crippen LogP contribution in [0.15, 0.2) is 35.6 Å². The number of nitrogens with one attached hydrogen (secondary N) is 1. The molecule has 0 heterocycles. The molecule has 1 aromatic carbocycles. The van der Waals surface area contributed by atoms with E-state index in [9.17, 15) is 18.3 Å². The minimum absolute atomic E-state index is 0.0915. The van der Waals surface area contributed by atoms with Crippen molar-refractivity contribution >= 4 is 22.9 Å². The number of allylic oxidation sites excluding steroid dienone is 1. The van der Waals surface area contributed by atoms with Gasteiger partial charge in [0.15, 0.2) is 0 Å². The van der Waals surface area contributed by atoms with Gasteiger partial charge in [0.25, 0.3) is 0 Å². The first-order chi connectivity index (χ1) is 8.75. The highest BCUT2D eigenvalue weighted by molar-refractivity contribution is 7.81. The molecule has 0 saturated carbocycles. The monoisotopic (exact) mass is 286 g/mol. The first kappa shape index (κ1) is 15.0. The van der Waals surface area contributed by atoms with E-state index in [4.69, 9.17) is 17.5 Å². The SMILES string of the molecule is CC(O)=C(C#N)C(=S)Nc1cccc(C(F)(F)F)c1. The fourth-order valence-corrected chi connectivity index (χ4v) is 1.57. The molecule has 0 fully saturated rings. The van der Waals surface area contributed by atoms with Gasteiger partial charge in [0.2, 0.25) is 0 Å². The van der Waals surface area contributed by atoms with Gasteiger partial charge in [-0.05, 0) is 25.1 Å². The van der Waals surface area contributed by atoms with Crippen LogP contribution in [-0.4, -0.2) is 10.1 Å². The lowest BCUT2D eigenvalue weighted by molar-refractivity contribution is -0.137. The Balaban J connectivity index is 3.00. The van der Waals surface area contributed by atoms with Crippen LogP contribution < -0.4 is 5.32 Å². The van der Waals surface area contributed by atoms with Crippen LogP contribution in [0.3, 0.4) is 0 Å². The van der Waals surface area contributed by atoms with E-state index >= 15 is 0 Å². The van der Waals surface area contributed by atoms with E-state index < -0.39 is 11.7 Å². The van der Waals surface area contributed by atoms with Gasteiger partial charge in [-0.15, -0.1) is 0 Å². The van der Waals surface area contributed by atoms with E-state index in [1.165, 1.54) is 19.1 Å². The fraction of sp³-hybridized carbons (Fsp3) is 0.167. The maximum atomic E-state index is 12.5. The number of thiocarbonyl (C=S) groups is 1. The predicted molar refractivity (Wildman–Crippen MR) is 68.6 cm³/mol. The van der Waals surface area contributed by atoms with Gasteiger partial charge in [-0.25, -0.2) is 0 Å². The van der Waals surface area contributed by atoms with Crippen molar-refractivity contribution in [2.24, 2.45) is 0 Å². The van der Waals surface area contributed by atoms with E-state index in [0.29, 0.717) is 0 Å². The van der Waals surface area contributed by atoms with Crippen LogP contribution >= 0.6 is 12.2 Å². The summed E-state index contributed by atoms with van der Waals surface area (Å²) in [6.07, 6.45) is -4.46. The van der Waals surface area contributed by atoms with Gasteiger partial charge in [-0.1, -0.05) is 18.3 Å². The second-order valence-corrected chi connectivity index (χ2v) is 4.01. The zero-order valence-corrected chi connectivity index (χ0v) is 10.6. The molecule has 0 aliphatic carbocycles. The van der Waals surface area contributed by atoms with Gasteiger partial charge < -0.3 is 10.4 Å². The van der Waals surface area contributed by atoms with Crippen LogP contribution in [0.25, 0.3) is 0 Å². The van der Waals surface area contributed by atoms with E-state index in [1.807, 2.05) is 0 Å². The lowest BCUT2D eigenvalue weighted by atomic mass is 10.2. The first-order valence-corrected chi connectivity index (χ1v) is 5.45. The minimum atomic E-state index is -4.46. The minimum Gasteiger partial charge on any atom is -0.511 e. The number of nitrogens with zero attached hydrogens (tertiary/aromatic N) is 1. The Morgan fingerprint density at radius 3 is 2.53 bits per heavy atom. The molecule has 0 aliphatic rings. The molecule has 0 amide bonds. The molecule has 0 aromatic heterocycles. The highest BCUT2D eigenvalue weighted by Crippen LogP contribution is 2.30. The third kappa shape index (κ3) is 3.96. The number of aliphatic hydroxyl groups excluding tert-OH is 1. The molecule has 0 atom stereocenters. The smallest absolute Gasteiger partial charge is 0.416 e. The average Bonchev–Trinajstić information content (AvgIpc) is 2.28. The standard InChI is InChI=1S/C12H9F3N2OS/c1-7(18)10(6-16)11(19)17-9-4-2-3-8(5-9)12(13,14)15/h2-5,18H,1H3,(H,17,19). The molecule has 1 aromatic rings. The Hall–Kier alpha value is -2.07. The molecule has 1 rings (SSSR count). The molecule has 0 radical (unpaired) electrons. The lowest BCUT2D eigenvalue weighted by Crippen LogP contribution is -2.13. The number of aliphatic hydroxyl groups is 1. The van der Waals surface area contributed by atoms with Crippen molar-refractivity contribution in [3.05, 3.63) is 41.2 Å². The van der Waals surface area contributed by atoms with Crippen LogP contribution in [0.5, 0.6) is 0 Å². The molecule has 0 aliphatic heterocycles. The van der Waals surface area contributed by atoms with Crippen molar-refractivity contribution in [1.82, 2.24) is 0 Å². The van der Waals surface area contributed by atoms with E-state index in [2.05, 4.69) is 5.32 Å². The van der Waals surface area contributed by atoms with Crippen LogP contribution in [-0.2, 0) is 6.18 Å². The Morgan fingerprint density at radius 2 is 2.05 bits per heavy atom. The predicted octanol–water partition coefficient (Wildman–Crippen LogP) is 3.80. The second kappa shape index (κ2) is 5.71. The highest BCUT2D eigenvalue weighted by Gasteiger charge is 2.30. The van der Waals surface area contributed by atoms with Crippen molar-refractivity contribution in [2.75, 3.05) is 5.32 Å². The molecule has 0 bridgehead atoms. The highest BCUT2D eigenvalue weighted by atomic mass is 32.1. The van der Waals surface area contributed by atoms with Gasteiger partial charge in [-0.3, -0.25) is 0 Å². The normalized spacial score (nSPS) is 12.4. The summed E-state index contributed by atoms with van der Waals surface area (Å²) in [7, 11) is 0. The van der Waals surface area contributed by atoms with E-state index in [0.717, 1.165) is 12.1 Å². The van der Waals surface area contributed by atoms with Crippen LogP contribution in [0.4, 0.5) is 18.9 Å². The summed E-state index contributed by atoms with van der Waals surface area (Å²) in [6, 6.07) is 6.06. The molecule has 3 nitrogen and oxygen atoms in total. The molecule has 0 saturated heterocycles. The molecular formula is C12H9F3N2OS. The van der Waals surface area contributed by atoms with Crippen molar-refractivity contribution in [3.63, 3.8) is 0 Å². The Labute approximate surface area is 113 Å². The molecule has 2 N–H and O–H groups in total. The summed E-state index contributed by atoms with van der Waals surface area (Å²) in [6.45, 7) is 1.26. The van der Waals surface area contributed by atoms with Crippen molar-refractivity contribution < 1.29 is 18.3 Å². The number of hydrogen-bond donors (Lipinski definition) is 2. The van der Waals surface area contributed by atoms with Crippen LogP contribution in [0.2, 0.25) is 0 Å². The summed E-state index contributed by atoms with van der Waals surface area (Å²) in [4.78, 5) is -0.137. The number of hydrogen-bond acceptors (Lipinski definition) is 3. The first-order valence-electron chi connectivity index (χ1n) is 5.04. The molecule has 0 spiro atoms. The summed E-state index contributed by atoms with van der Waals surface area (Å²) in [5.41, 5.74) is -0.926. The van der Waals surface area contributed by atoms with Crippen LogP contribution in [0.1, 0.15) is 12.5 Å². The number of alkyl halides is 3. The van der Waals surface area contributed by atoms with E-state index in [-0.39, 0.29) is 22.0 Å².